The van der Waals surface area contributed by atoms with Crippen LogP contribution in [0.2, 0.25) is 0 Å². The predicted molar refractivity (Wildman–Crippen MR) is 80.9 cm³/mol. The summed E-state index contributed by atoms with van der Waals surface area (Å²) in [6.45, 7) is 0. The number of aromatic hydroxyl groups is 1. The molecule has 3 N–H and O–H groups in total. The van der Waals surface area contributed by atoms with E-state index in [1.807, 2.05) is 6.07 Å². The molecule has 1 heterocycles. The first-order valence-corrected chi connectivity index (χ1v) is 6.36. The van der Waals surface area contributed by atoms with Gasteiger partial charge in [-0.25, -0.2) is 4.98 Å². The van der Waals surface area contributed by atoms with Gasteiger partial charge in [0, 0.05) is 23.3 Å². The SMILES string of the molecule is COc1ccc(N)cc1Oc1nccc2ccc(O)cc12. The van der Waals surface area contributed by atoms with Crippen LogP contribution in [0.4, 0.5) is 5.69 Å². The van der Waals surface area contributed by atoms with Crippen LogP contribution < -0.4 is 15.2 Å². The molecule has 0 fully saturated rings. The first-order valence-electron chi connectivity index (χ1n) is 6.36. The maximum atomic E-state index is 9.64. The van der Waals surface area contributed by atoms with Crippen molar-refractivity contribution in [2.45, 2.75) is 0 Å². The number of benzene rings is 2. The van der Waals surface area contributed by atoms with Gasteiger partial charge in [-0.1, -0.05) is 6.07 Å². The number of hydrogen-bond acceptors (Lipinski definition) is 5. The summed E-state index contributed by atoms with van der Waals surface area (Å²) in [7, 11) is 1.56. The van der Waals surface area contributed by atoms with Crippen LogP contribution in [0.1, 0.15) is 0 Å². The Morgan fingerprint density at radius 2 is 1.90 bits per heavy atom. The number of pyridine rings is 1. The van der Waals surface area contributed by atoms with E-state index in [-0.39, 0.29) is 5.75 Å². The fraction of sp³-hybridized carbons (Fsp3) is 0.0625. The molecule has 2 aromatic carbocycles. The second-order valence-corrected chi connectivity index (χ2v) is 4.53. The lowest BCUT2D eigenvalue weighted by Crippen LogP contribution is -1.94. The summed E-state index contributed by atoms with van der Waals surface area (Å²) >= 11 is 0. The molecule has 3 rings (SSSR count). The number of nitrogens with two attached hydrogens (primary N) is 1. The summed E-state index contributed by atoms with van der Waals surface area (Å²) in [5.74, 6) is 1.57. The van der Waals surface area contributed by atoms with E-state index < -0.39 is 0 Å². The molecule has 0 saturated carbocycles. The number of nitrogen functional groups attached to an aromatic ring is 1. The Kier molecular flexibility index (Phi) is 3.23. The summed E-state index contributed by atoms with van der Waals surface area (Å²) < 4.78 is 11.1. The van der Waals surface area contributed by atoms with E-state index in [0.717, 1.165) is 5.39 Å². The average molecular weight is 282 g/mol. The Morgan fingerprint density at radius 3 is 2.71 bits per heavy atom. The molecule has 0 unspecified atom stereocenters. The fourth-order valence-electron chi connectivity index (χ4n) is 2.09. The minimum Gasteiger partial charge on any atom is -0.508 e. The number of phenols is 1. The fourth-order valence-corrected chi connectivity index (χ4v) is 2.09. The molecule has 21 heavy (non-hydrogen) atoms. The molecule has 0 aliphatic carbocycles. The quantitative estimate of drug-likeness (QED) is 0.720. The third-order valence-corrected chi connectivity index (χ3v) is 3.11. The minimum absolute atomic E-state index is 0.153. The van der Waals surface area contributed by atoms with Crippen LogP contribution in [0.15, 0.2) is 48.7 Å². The highest BCUT2D eigenvalue weighted by Gasteiger charge is 2.10. The van der Waals surface area contributed by atoms with Gasteiger partial charge < -0.3 is 20.3 Å². The van der Waals surface area contributed by atoms with Crippen molar-refractivity contribution in [3.8, 4) is 23.1 Å². The molecule has 0 radical (unpaired) electrons. The van der Waals surface area contributed by atoms with Crippen LogP contribution in [0, 0.1) is 0 Å². The van der Waals surface area contributed by atoms with E-state index >= 15 is 0 Å². The topological polar surface area (TPSA) is 77.6 Å². The van der Waals surface area contributed by atoms with E-state index in [0.29, 0.717) is 28.5 Å². The Morgan fingerprint density at radius 1 is 1.05 bits per heavy atom. The third kappa shape index (κ3) is 2.53. The van der Waals surface area contributed by atoms with E-state index in [1.54, 1.807) is 49.7 Å². The summed E-state index contributed by atoms with van der Waals surface area (Å²) in [6, 6.07) is 12.0. The van der Waals surface area contributed by atoms with E-state index in [4.69, 9.17) is 15.2 Å². The number of ether oxygens (including phenoxy) is 2. The minimum atomic E-state index is 0.153. The van der Waals surface area contributed by atoms with Gasteiger partial charge >= 0.3 is 0 Å². The normalized spacial score (nSPS) is 10.5. The first-order chi connectivity index (χ1) is 10.2. The van der Waals surface area contributed by atoms with E-state index in [2.05, 4.69) is 4.98 Å². The lowest BCUT2D eigenvalue weighted by molar-refractivity contribution is 0.376. The van der Waals surface area contributed by atoms with Crippen LogP contribution in [-0.2, 0) is 0 Å². The van der Waals surface area contributed by atoms with Gasteiger partial charge in [-0.05, 0) is 35.7 Å². The van der Waals surface area contributed by atoms with Crippen molar-refractivity contribution in [1.82, 2.24) is 4.98 Å². The highest BCUT2D eigenvalue weighted by atomic mass is 16.5. The van der Waals surface area contributed by atoms with Crippen LogP contribution in [-0.4, -0.2) is 17.2 Å². The average Bonchev–Trinajstić information content (AvgIpc) is 2.48. The maximum absolute atomic E-state index is 9.64. The van der Waals surface area contributed by atoms with Gasteiger partial charge in [-0.15, -0.1) is 0 Å². The highest BCUT2D eigenvalue weighted by molar-refractivity contribution is 5.88. The van der Waals surface area contributed by atoms with E-state index in [9.17, 15) is 5.11 Å². The number of nitrogens with zero attached hydrogens (tertiary/aromatic N) is 1. The molecule has 0 saturated heterocycles. The van der Waals surface area contributed by atoms with Crippen molar-refractivity contribution in [3.63, 3.8) is 0 Å². The number of methoxy groups -OCH3 is 1. The van der Waals surface area contributed by atoms with Crippen LogP contribution in [0.25, 0.3) is 10.8 Å². The van der Waals surface area contributed by atoms with Crippen molar-refractivity contribution >= 4 is 16.5 Å². The third-order valence-electron chi connectivity index (χ3n) is 3.11. The molecule has 0 aliphatic rings. The summed E-state index contributed by atoms with van der Waals surface area (Å²) in [4.78, 5) is 4.22. The van der Waals surface area contributed by atoms with Crippen molar-refractivity contribution in [2.75, 3.05) is 12.8 Å². The van der Waals surface area contributed by atoms with Crippen LogP contribution >= 0.6 is 0 Å². The number of fused-ring (bicyclic) bond motifs is 1. The Hall–Kier alpha value is -2.95. The smallest absolute Gasteiger partial charge is 0.227 e. The zero-order chi connectivity index (χ0) is 14.8. The largest absolute Gasteiger partial charge is 0.508 e. The molecule has 3 aromatic rings. The molecule has 0 atom stereocenters. The highest BCUT2D eigenvalue weighted by Crippen LogP contribution is 2.35. The molecule has 0 aliphatic heterocycles. The number of rotatable bonds is 3. The molecule has 106 valence electrons. The zero-order valence-electron chi connectivity index (χ0n) is 11.4. The molecule has 5 heteroatoms. The molecule has 1 aromatic heterocycles. The number of anilines is 1. The monoisotopic (exact) mass is 282 g/mol. The second kappa shape index (κ2) is 5.20. The second-order valence-electron chi connectivity index (χ2n) is 4.53. The molecular formula is C16H14N2O3. The number of phenolic OH excluding ortho intramolecular Hbond substituents is 1. The van der Waals surface area contributed by atoms with Gasteiger partial charge in [0.05, 0.1) is 7.11 Å². The van der Waals surface area contributed by atoms with Crippen LogP contribution in [0.3, 0.4) is 0 Å². The predicted octanol–water partition coefficient (Wildman–Crippen LogP) is 3.32. The molecule has 0 bridgehead atoms. The standard InChI is InChI=1S/C16H14N2O3/c1-20-14-5-3-11(17)8-15(14)21-16-13-9-12(19)4-2-10(13)6-7-18-16/h2-9,19H,17H2,1H3. The van der Waals surface area contributed by atoms with Gasteiger partial charge in [0.25, 0.3) is 0 Å². The van der Waals surface area contributed by atoms with Crippen molar-refractivity contribution in [1.29, 1.82) is 0 Å². The van der Waals surface area contributed by atoms with E-state index in [1.165, 1.54) is 0 Å². The molecular weight excluding hydrogens is 268 g/mol. The van der Waals surface area contributed by atoms with Gasteiger partial charge in [-0.2, -0.15) is 0 Å². The lowest BCUT2D eigenvalue weighted by Gasteiger charge is -2.12. The van der Waals surface area contributed by atoms with Crippen LogP contribution in [0.5, 0.6) is 23.1 Å². The molecule has 0 spiro atoms. The number of aromatic nitrogens is 1. The Labute approximate surface area is 121 Å². The van der Waals surface area contributed by atoms with Gasteiger partial charge in [0.1, 0.15) is 5.75 Å². The summed E-state index contributed by atoms with van der Waals surface area (Å²) in [5, 5.41) is 11.3. The summed E-state index contributed by atoms with van der Waals surface area (Å²) in [5.41, 5.74) is 6.34. The van der Waals surface area contributed by atoms with Gasteiger partial charge in [-0.3, -0.25) is 0 Å². The van der Waals surface area contributed by atoms with Crippen molar-refractivity contribution in [3.05, 3.63) is 48.7 Å². The van der Waals surface area contributed by atoms with Crippen molar-refractivity contribution < 1.29 is 14.6 Å². The zero-order valence-corrected chi connectivity index (χ0v) is 11.4. The molecule has 5 nitrogen and oxygen atoms in total. The number of hydrogen-bond donors (Lipinski definition) is 2. The Bertz CT molecular complexity index is 803. The first kappa shape index (κ1) is 13.1. The lowest BCUT2D eigenvalue weighted by atomic mass is 10.1. The maximum Gasteiger partial charge on any atom is 0.227 e. The Balaban J connectivity index is 2.10. The molecule has 0 amide bonds. The van der Waals surface area contributed by atoms with Gasteiger partial charge in [0.15, 0.2) is 11.5 Å². The van der Waals surface area contributed by atoms with Crippen molar-refractivity contribution in [2.24, 2.45) is 0 Å². The van der Waals surface area contributed by atoms with Gasteiger partial charge in [0.2, 0.25) is 5.88 Å². The summed E-state index contributed by atoms with van der Waals surface area (Å²) in [6.07, 6.45) is 1.65.